The van der Waals surface area contributed by atoms with Crippen LogP contribution in [0.5, 0.6) is 0 Å². The molecule has 4 heterocycles. The molecule has 1 saturated heterocycles. The van der Waals surface area contributed by atoms with E-state index in [1.165, 1.54) is 6.26 Å². The predicted octanol–water partition coefficient (Wildman–Crippen LogP) is 4.78. The first kappa shape index (κ1) is 24.4. The van der Waals surface area contributed by atoms with Gasteiger partial charge < -0.3 is 23.6 Å². The number of ketones is 1. The second kappa shape index (κ2) is 9.76. The number of carbonyl (C=O) groups is 2. The van der Waals surface area contributed by atoms with E-state index in [9.17, 15) is 14.4 Å². The molecule has 1 fully saturated rings. The fourth-order valence-corrected chi connectivity index (χ4v) is 5.83. The SMILES string of the molecule is CC1=C(C(=O)OC[C@@H]2CCCO2)[C@@H](c2coc3ccc(C)cc3c2=O)C2=C(C[C@@H](c3ccco3)CC2=O)N1. The Kier molecular flexibility index (Phi) is 6.27. The average Bonchev–Trinajstić information content (AvgIpc) is 3.62. The molecule has 1 N–H and O–H groups in total. The van der Waals surface area contributed by atoms with Crippen LogP contribution in [0.1, 0.15) is 61.3 Å². The molecule has 38 heavy (non-hydrogen) atoms. The van der Waals surface area contributed by atoms with Crippen LogP contribution >= 0.6 is 0 Å². The van der Waals surface area contributed by atoms with E-state index in [0.717, 1.165) is 24.2 Å². The molecule has 2 aliphatic heterocycles. The molecule has 0 radical (unpaired) electrons. The van der Waals surface area contributed by atoms with E-state index < -0.39 is 11.9 Å². The first-order chi connectivity index (χ1) is 18.4. The molecular weight excluding hydrogens is 486 g/mol. The normalized spacial score (nSPS) is 23.5. The van der Waals surface area contributed by atoms with Gasteiger partial charge in [0.15, 0.2) is 11.2 Å². The molecule has 196 valence electrons. The maximum atomic E-state index is 13.8. The number of carbonyl (C=O) groups excluding carboxylic acids is 2. The number of ether oxygens (including phenoxy) is 2. The minimum Gasteiger partial charge on any atom is -0.469 e. The Balaban J connectivity index is 1.45. The Bertz CT molecular complexity index is 1540. The minimum atomic E-state index is -0.908. The monoisotopic (exact) mass is 515 g/mol. The lowest BCUT2D eigenvalue weighted by Crippen LogP contribution is -2.37. The van der Waals surface area contributed by atoms with Crippen molar-refractivity contribution in [3.63, 3.8) is 0 Å². The highest BCUT2D eigenvalue weighted by atomic mass is 16.6. The van der Waals surface area contributed by atoms with Gasteiger partial charge in [-0.05, 0) is 57.4 Å². The van der Waals surface area contributed by atoms with Crippen molar-refractivity contribution in [2.75, 3.05) is 13.2 Å². The molecule has 0 bridgehead atoms. The van der Waals surface area contributed by atoms with E-state index in [2.05, 4.69) is 5.32 Å². The molecule has 1 aliphatic carbocycles. The highest BCUT2D eigenvalue weighted by molar-refractivity contribution is 6.04. The second-order valence-corrected chi connectivity index (χ2v) is 10.3. The van der Waals surface area contributed by atoms with Crippen molar-refractivity contribution in [3.8, 4) is 0 Å². The first-order valence-electron chi connectivity index (χ1n) is 13.0. The Morgan fingerprint density at radius 3 is 2.76 bits per heavy atom. The molecule has 3 aromatic rings. The van der Waals surface area contributed by atoms with Crippen LogP contribution in [0.4, 0.5) is 0 Å². The van der Waals surface area contributed by atoms with Gasteiger partial charge in [-0.2, -0.15) is 0 Å². The van der Waals surface area contributed by atoms with Gasteiger partial charge in [-0.1, -0.05) is 11.6 Å². The van der Waals surface area contributed by atoms with Crippen LogP contribution in [0.25, 0.3) is 11.0 Å². The van der Waals surface area contributed by atoms with Gasteiger partial charge in [-0.15, -0.1) is 0 Å². The molecule has 0 saturated carbocycles. The number of nitrogens with one attached hydrogen (secondary N) is 1. The number of furan rings is 1. The summed E-state index contributed by atoms with van der Waals surface area (Å²) >= 11 is 0. The van der Waals surface area contributed by atoms with Gasteiger partial charge >= 0.3 is 5.97 Å². The number of rotatable bonds is 5. The summed E-state index contributed by atoms with van der Waals surface area (Å²) in [5, 5.41) is 3.70. The van der Waals surface area contributed by atoms with Crippen molar-refractivity contribution in [1.82, 2.24) is 5.32 Å². The third-order valence-corrected chi connectivity index (χ3v) is 7.68. The van der Waals surface area contributed by atoms with E-state index >= 15 is 0 Å². The number of aryl methyl sites for hydroxylation is 1. The smallest absolute Gasteiger partial charge is 0.336 e. The summed E-state index contributed by atoms with van der Waals surface area (Å²) in [7, 11) is 0. The van der Waals surface area contributed by atoms with Crippen molar-refractivity contribution < 1.29 is 27.9 Å². The van der Waals surface area contributed by atoms with Gasteiger partial charge in [0.05, 0.1) is 35.5 Å². The Morgan fingerprint density at radius 1 is 1.13 bits per heavy atom. The van der Waals surface area contributed by atoms with Crippen LogP contribution in [-0.2, 0) is 19.1 Å². The molecule has 8 nitrogen and oxygen atoms in total. The van der Waals surface area contributed by atoms with Crippen molar-refractivity contribution in [2.45, 2.75) is 57.5 Å². The molecule has 0 spiro atoms. The summed E-state index contributed by atoms with van der Waals surface area (Å²) < 4.78 is 22.8. The topological polar surface area (TPSA) is 108 Å². The van der Waals surface area contributed by atoms with Crippen LogP contribution in [0.2, 0.25) is 0 Å². The Hall–Kier alpha value is -3.91. The number of hydrogen-bond donors (Lipinski definition) is 1. The molecule has 1 aromatic carbocycles. The van der Waals surface area contributed by atoms with Gasteiger partial charge in [0, 0.05) is 41.5 Å². The van der Waals surface area contributed by atoms with E-state index in [1.807, 2.05) is 19.1 Å². The van der Waals surface area contributed by atoms with E-state index in [4.69, 9.17) is 18.3 Å². The highest BCUT2D eigenvalue weighted by Crippen LogP contribution is 2.45. The van der Waals surface area contributed by atoms with Gasteiger partial charge in [0.1, 0.15) is 18.0 Å². The van der Waals surface area contributed by atoms with Crippen molar-refractivity contribution in [3.05, 3.63) is 92.5 Å². The summed E-state index contributed by atoms with van der Waals surface area (Å²) in [6.07, 6.45) is 5.29. The lowest BCUT2D eigenvalue weighted by Gasteiger charge is -2.35. The Morgan fingerprint density at radius 2 is 2.00 bits per heavy atom. The van der Waals surface area contributed by atoms with Gasteiger partial charge in [-0.3, -0.25) is 9.59 Å². The zero-order valence-electron chi connectivity index (χ0n) is 21.4. The van der Waals surface area contributed by atoms with Crippen LogP contribution < -0.4 is 10.7 Å². The quantitative estimate of drug-likeness (QED) is 0.484. The van der Waals surface area contributed by atoms with E-state index in [1.54, 1.807) is 31.4 Å². The highest BCUT2D eigenvalue weighted by Gasteiger charge is 2.43. The van der Waals surface area contributed by atoms with Gasteiger partial charge in [0.2, 0.25) is 0 Å². The summed E-state index contributed by atoms with van der Waals surface area (Å²) in [4.78, 5) is 41.1. The second-order valence-electron chi connectivity index (χ2n) is 10.3. The van der Waals surface area contributed by atoms with Crippen LogP contribution in [0, 0.1) is 6.92 Å². The maximum absolute atomic E-state index is 13.8. The summed E-state index contributed by atoms with van der Waals surface area (Å²) in [6.45, 7) is 4.43. The third-order valence-electron chi connectivity index (χ3n) is 7.68. The molecule has 0 unspecified atom stereocenters. The number of Topliss-reactive ketones (excluding diaryl/α,β-unsaturated/α-hetero) is 1. The molecule has 6 rings (SSSR count). The molecule has 3 atom stereocenters. The molecular formula is C30H29NO7. The zero-order valence-corrected chi connectivity index (χ0v) is 21.4. The average molecular weight is 516 g/mol. The number of benzene rings is 1. The van der Waals surface area contributed by atoms with Gasteiger partial charge in [-0.25, -0.2) is 4.79 Å². The zero-order chi connectivity index (χ0) is 26.4. The fourth-order valence-electron chi connectivity index (χ4n) is 5.83. The van der Waals surface area contributed by atoms with Crippen molar-refractivity contribution >= 4 is 22.7 Å². The minimum absolute atomic E-state index is 0.119. The summed E-state index contributed by atoms with van der Waals surface area (Å²) in [5.74, 6) is -1.04. The van der Waals surface area contributed by atoms with Crippen molar-refractivity contribution in [2.24, 2.45) is 0 Å². The largest absolute Gasteiger partial charge is 0.469 e. The van der Waals surface area contributed by atoms with Crippen LogP contribution in [-0.4, -0.2) is 31.1 Å². The lowest BCUT2D eigenvalue weighted by atomic mass is 9.72. The number of allylic oxidation sites excluding steroid dienone is 3. The maximum Gasteiger partial charge on any atom is 0.336 e. The molecule has 0 amide bonds. The number of fused-ring (bicyclic) bond motifs is 1. The van der Waals surface area contributed by atoms with Gasteiger partial charge in [0.25, 0.3) is 0 Å². The fraction of sp³-hybridized carbons (Fsp3) is 0.367. The van der Waals surface area contributed by atoms with Crippen molar-refractivity contribution in [1.29, 1.82) is 0 Å². The predicted molar refractivity (Wildman–Crippen MR) is 138 cm³/mol. The third kappa shape index (κ3) is 4.28. The molecule has 8 heteroatoms. The molecule has 2 aromatic heterocycles. The van der Waals surface area contributed by atoms with Crippen LogP contribution in [0.15, 0.2) is 79.0 Å². The molecule has 3 aliphatic rings. The standard InChI is InChI=1S/C30H29NO7/c1-16-7-8-25-20(11-16)29(33)21(15-37-25)27-26(30(34)38-14-19-5-3-9-35-19)17(2)31-22-12-18(13-23(32)28(22)27)24-6-4-10-36-24/h4,6-8,10-11,15,18-19,27,31H,3,5,9,12-14H2,1-2H3/t18-,19+,27-/m1/s1. The summed E-state index contributed by atoms with van der Waals surface area (Å²) in [5.41, 5.74) is 3.20. The van der Waals surface area contributed by atoms with E-state index in [-0.39, 0.29) is 47.4 Å². The van der Waals surface area contributed by atoms with Crippen LogP contribution in [0.3, 0.4) is 0 Å². The number of dihydropyridines is 1. The lowest BCUT2D eigenvalue weighted by molar-refractivity contribution is -0.142. The summed E-state index contributed by atoms with van der Waals surface area (Å²) in [6, 6.07) is 9.05. The Labute approximate surface area is 219 Å². The van der Waals surface area contributed by atoms with E-state index in [0.29, 0.717) is 41.0 Å². The first-order valence-corrected chi connectivity index (χ1v) is 13.0. The number of esters is 1. The number of hydrogen-bond acceptors (Lipinski definition) is 8.